The molecule has 1 aromatic rings. The molecule has 0 aromatic carbocycles. The highest BCUT2D eigenvalue weighted by atomic mass is 32.2. The van der Waals surface area contributed by atoms with E-state index in [1.165, 1.54) is 28.6 Å². The monoisotopic (exact) mass is 432 g/mol. The molecule has 1 aliphatic heterocycles. The second kappa shape index (κ2) is 8.93. The minimum Gasteiger partial charge on any atom is -0.383 e. The molecule has 1 saturated heterocycles. The van der Waals surface area contributed by atoms with Crippen LogP contribution >= 0.6 is 27.4 Å². The van der Waals surface area contributed by atoms with E-state index in [2.05, 4.69) is 18.3 Å². The molecule has 0 saturated carbocycles. The number of nitrogen functional groups attached to an aromatic ring is 1. The number of hydrogen-bond donors (Lipinski definition) is 4. The lowest BCUT2D eigenvalue weighted by Crippen LogP contribution is -2.28. The zero-order valence-electron chi connectivity index (χ0n) is 13.2. The SMILES string of the molecule is NCCOP(=O)(O)OP(=O)(O)OCC1OC(n2ccc(N)nc2=O)CS1. The molecule has 13 nitrogen and oxygen atoms in total. The van der Waals surface area contributed by atoms with Gasteiger partial charge in [0.1, 0.15) is 17.5 Å². The summed E-state index contributed by atoms with van der Waals surface area (Å²) in [5.41, 5.74) is 9.17. The van der Waals surface area contributed by atoms with Crippen LogP contribution in [-0.4, -0.2) is 50.3 Å². The molecule has 4 atom stereocenters. The Morgan fingerprint density at radius 2 is 2.08 bits per heavy atom. The van der Waals surface area contributed by atoms with Gasteiger partial charge in [-0.1, -0.05) is 0 Å². The Morgan fingerprint density at radius 3 is 2.73 bits per heavy atom. The van der Waals surface area contributed by atoms with Crippen LogP contribution in [0.5, 0.6) is 0 Å². The highest BCUT2D eigenvalue weighted by molar-refractivity contribution is 8.00. The van der Waals surface area contributed by atoms with Gasteiger partial charge in [-0.25, -0.2) is 13.9 Å². The lowest BCUT2D eigenvalue weighted by atomic mass is 10.5. The zero-order valence-corrected chi connectivity index (χ0v) is 15.8. The number of rotatable bonds is 9. The van der Waals surface area contributed by atoms with Crippen molar-refractivity contribution in [2.45, 2.75) is 11.7 Å². The lowest BCUT2D eigenvalue weighted by Gasteiger charge is -2.18. The van der Waals surface area contributed by atoms with Gasteiger partial charge in [0.25, 0.3) is 0 Å². The molecule has 0 aliphatic carbocycles. The van der Waals surface area contributed by atoms with Crippen molar-refractivity contribution in [3.8, 4) is 0 Å². The number of nitrogens with two attached hydrogens (primary N) is 2. The van der Waals surface area contributed by atoms with Crippen LogP contribution in [0.25, 0.3) is 0 Å². The predicted molar refractivity (Wildman–Crippen MR) is 91.0 cm³/mol. The molecule has 26 heavy (non-hydrogen) atoms. The number of nitrogens with zero attached hydrogens (tertiary/aromatic N) is 2. The van der Waals surface area contributed by atoms with Crippen molar-refractivity contribution < 1.29 is 37.0 Å². The quantitative estimate of drug-likeness (QED) is 0.369. The van der Waals surface area contributed by atoms with Crippen molar-refractivity contribution in [2.75, 3.05) is 31.2 Å². The Morgan fingerprint density at radius 1 is 1.38 bits per heavy atom. The maximum absolute atomic E-state index is 11.8. The fourth-order valence-corrected chi connectivity index (χ4v) is 4.99. The normalized spacial score (nSPS) is 24.9. The zero-order chi connectivity index (χ0) is 19.4. The summed E-state index contributed by atoms with van der Waals surface area (Å²) in [5, 5.41) is 0. The Bertz CT molecular complexity index is 777. The molecular formula is C10H18N4O9P2S. The van der Waals surface area contributed by atoms with E-state index in [0.717, 1.165) is 0 Å². The molecular weight excluding hydrogens is 414 g/mol. The third kappa shape index (κ3) is 6.43. The molecule has 1 aliphatic rings. The molecule has 0 spiro atoms. The summed E-state index contributed by atoms with van der Waals surface area (Å²) < 4.78 is 43.0. The Labute approximate surface area is 151 Å². The second-order valence-corrected chi connectivity index (χ2v) is 9.07. The largest absolute Gasteiger partial charge is 0.481 e. The summed E-state index contributed by atoms with van der Waals surface area (Å²) in [5.74, 6) is 0.411. The van der Waals surface area contributed by atoms with Crippen molar-refractivity contribution in [1.29, 1.82) is 0 Å². The number of phosphoric acid groups is 2. The van der Waals surface area contributed by atoms with E-state index >= 15 is 0 Å². The van der Waals surface area contributed by atoms with Crippen LogP contribution in [-0.2, 0) is 27.2 Å². The molecule has 1 fully saturated rings. The number of ether oxygens (including phenoxy) is 1. The first-order valence-corrected chi connectivity index (χ1v) is 11.1. The van der Waals surface area contributed by atoms with E-state index in [0.29, 0.717) is 5.75 Å². The number of phosphoric ester groups is 2. The molecule has 148 valence electrons. The van der Waals surface area contributed by atoms with Crippen LogP contribution in [0.4, 0.5) is 5.82 Å². The Hall–Kier alpha value is -0.790. The number of hydrogen-bond acceptors (Lipinski definition) is 11. The highest BCUT2D eigenvalue weighted by Crippen LogP contribution is 2.60. The van der Waals surface area contributed by atoms with Crippen LogP contribution in [0.1, 0.15) is 6.23 Å². The summed E-state index contributed by atoms with van der Waals surface area (Å²) in [6.07, 6.45) is 0.737. The van der Waals surface area contributed by atoms with Gasteiger partial charge in [0.2, 0.25) is 0 Å². The summed E-state index contributed by atoms with van der Waals surface area (Å²) in [6.45, 7) is -0.873. The van der Waals surface area contributed by atoms with Gasteiger partial charge in [-0.15, -0.1) is 11.8 Å². The first-order valence-electron chi connectivity index (χ1n) is 7.10. The summed E-state index contributed by atoms with van der Waals surface area (Å²) >= 11 is 1.20. The predicted octanol–water partition coefficient (Wildman–Crippen LogP) is -0.377. The topological polar surface area (TPSA) is 198 Å². The van der Waals surface area contributed by atoms with Gasteiger partial charge in [0, 0.05) is 18.5 Å². The lowest BCUT2D eigenvalue weighted by molar-refractivity contribution is -0.00663. The van der Waals surface area contributed by atoms with Gasteiger partial charge in [-0.05, 0) is 6.07 Å². The molecule has 16 heteroatoms. The number of aromatic nitrogens is 2. The van der Waals surface area contributed by atoms with Crippen molar-refractivity contribution in [1.82, 2.24) is 9.55 Å². The standard InChI is InChI=1S/C10H18N4O9P2S/c11-2-4-20-24(16,17)23-25(18,19)21-5-9-22-8(6-26-9)14-3-1-7(12)13-10(14)15/h1,3,8-9H,2,4-6,11H2,(H,16,17)(H,18,19)(H2,12,13,15). The molecule has 2 rings (SSSR count). The highest BCUT2D eigenvalue weighted by Gasteiger charge is 2.37. The van der Waals surface area contributed by atoms with E-state index in [-0.39, 0.29) is 19.0 Å². The minimum absolute atomic E-state index is 0.0699. The van der Waals surface area contributed by atoms with Crippen LogP contribution in [0.3, 0.4) is 0 Å². The van der Waals surface area contributed by atoms with Gasteiger partial charge >= 0.3 is 21.3 Å². The van der Waals surface area contributed by atoms with E-state index in [1.54, 1.807) is 0 Å². The number of anilines is 1. The van der Waals surface area contributed by atoms with Gasteiger partial charge < -0.3 is 26.0 Å². The molecule has 2 heterocycles. The Balaban J connectivity index is 1.87. The van der Waals surface area contributed by atoms with E-state index in [1.807, 2.05) is 0 Å². The summed E-state index contributed by atoms with van der Waals surface area (Å²) in [4.78, 5) is 34.1. The first kappa shape index (κ1) is 21.5. The molecule has 4 unspecified atom stereocenters. The van der Waals surface area contributed by atoms with Crippen LogP contribution in [0.15, 0.2) is 17.1 Å². The smallest absolute Gasteiger partial charge is 0.383 e. The molecule has 0 radical (unpaired) electrons. The van der Waals surface area contributed by atoms with Crippen molar-refractivity contribution >= 4 is 33.2 Å². The second-order valence-electron chi connectivity index (χ2n) is 4.83. The molecule has 1 aromatic heterocycles. The summed E-state index contributed by atoms with van der Waals surface area (Å²) in [6, 6.07) is 1.43. The van der Waals surface area contributed by atoms with Crippen LogP contribution in [0.2, 0.25) is 0 Å². The molecule has 6 N–H and O–H groups in total. The Kier molecular flexibility index (Phi) is 7.39. The average molecular weight is 432 g/mol. The van der Waals surface area contributed by atoms with Crippen LogP contribution in [0, 0.1) is 0 Å². The van der Waals surface area contributed by atoms with Gasteiger partial charge in [-0.3, -0.25) is 13.6 Å². The third-order valence-electron chi connectivity index (χ3n) is 2.85. The molecule has 0 amide bonds. The minimum atomic E-state index is -4.88. The van der Waals surface area contributed by atoms with Crippen molar-refractivity contribution in [3.05, 3.63) is 22.7 Å². The van der Waals surface area contributed by atoms with E-state index in [9.17, 15) is 23.7 Å². The maximum Gasteiger partial charge on any atom is 0.481 e. The third-order valence-corrected chi connectivity index (χ3v) is 6.58. The van der Waals surface area contributed by atoms with Gasteiger partial charge in [0.15, 0.2) is 0 Å². The average Bonchev–Trinajstić information content (AvgIpc) is 2.99. The van der Waals surface area contributed by atoms with Crippen molar-refractivity contribution in [2.24, 2.45) is 5.73 Å². The van der Waals surface area contributed by atoms with Gasteiger partial charge in [-0.2, -0.15) is 9.29 Å². The fourth-order valence-electron chi connectivity index (χ4n) is 1.82. The first-order chi connectivity index (χ1) is 12.1. The maximum atomic E-state index is 11.8. The van der Waals surface area contributed by atoms with E-state index in [4.69, 9.17) is 16.2 Å². The summed E-state index contributed by atoms with van der Waals surface area (Å²) in [7, 11) is -9.68. The fraction of sp³-hybridized carbons (Fsp3) is 0.600. The van der Waals surface area contributed by atoms with Crippen LogP contribution < -0.4 is 17.2 Å². The van der Waals surface area contributed by atoms with Crippen molar-refractivity contribution in [3.63, 3.8) is 0 Å². The van der Waals surface area contributed by atoms with Gasteiger partial charge in [0.05, 0.1) is 13.2 Å². The molecule has 0 bridgehead atoms. The van der Waals surface area contributed by atoms with E-state index < -0.39 is 39.6 Å². The number of thioether (sulfide) groups is 1.